The Morgan fingerprint density at radius 3 is 1.59 bits per heavy atom. The average Bonchev–Trinajstić information content (AvgIpc) is 2.91. The van der Waals surface area contributed by atoms with Crippen LogP contribution in [0.3, 0.4) is 0 Å². The minimum atomic E-state index is -1.51. The van der Waals surface area contributed by atoms with E-state index in [1.54, 1.807) is 6.08 Å². The Morgan fingerprint density at radius 1 is 1.05 bits per heavy atom. The maximum atomic E-state index is 9.91. The molecule has 22 heavy (non-hydrogen) atoms. The Morgan fingerprint density at radius 2 is 1.36 bits per heavy atom. The van der Waals surface area contributed by atoms with Crippen molar-refractivity contribution in [2.45, 2.75) is 0 Å². The summed E-state index contributed by atoms with van der Waals surface area (Å²) in [6.45, 7) is 0. The fraction of sp³-hybridized carbons (Fsp3) is 0.400. The van der Waals surface area contributed by atoms with Gasteiger partial charge in [-0.25, -0.2) is 14.7 Å². The minimum Gasteiger partial charge on any atom is -0.812 e. The Labute approximate surface area is 161 Å². The number of rotatable bonds is 1. The van der Waals surface area contributed by atoms with Gasteiger partial charge in [0.2, 0.25) is 6.08 Å². The van der Waals surface area contributed by atoms with Gasteiger partial charge in [-0.05, 0) is 14.1 Å². The predicted octanol–water partition coefficient (Wildman–Crippen LogP) is -4.49. The maximum absolute atomic E-state index is 9.91. The van der Waals surface area contributed by atoms with Crippen molar-refractivity contribution in [1.29, 1.82) is 5.26 Å². The van der Waals surface area contributed by atoms with Crippen molar-refractivity contribution in [2.24, 2.45) is 4.66 Å². The molecule has 0 atom stereocenters. The summed E-state index contributed by atoms with van der Waals surface area (Å²) < 4.78 is 11.8. The molecule has 0 fully saturated rings. The summed E-state index contributed by atoms with van der Waals surface area (Å²) in [5, 5.41) is 15.0. The molecule has 0 spiro atoms. The summed E-state index contributed by atoms with van der Waals surface area (Å²) in [7, 11) is 5.11. The normalized spacial score (nSPS) is 16.0. The van der Waals surface area contributed by atoms with Crippen LogP contribution in [0.2, 0.25) is 0 Å². The Kier molecular flexibility index (Phi) is 13.4. The third-order valence-electron chi connectivity index (χ3n) is 2.64. The molecule has 0 bridgehead atoms. The molecule has 0 aromatic rings. The van der Waals surface area contributed by atoms with Gasteiger partial charge in [0.05, 0.1) is 0 Å². The largest absolute Gasteiger partial charge is 1.00 e. The fourth-order valence-electron chi connectivity index (χ4n) is 1.52. The van der Waals surface area contributed by atoms with Gasteiger partial charge in [0.1, 0.15) is 0 Å². The first kappa shape index (κ1) is 23.3. The van der Waals surface area contributed by atoms with E-state index in [9.17, 15) is 4.79 Å². The zero-order valence-corrected chi connectivity index (χ0v) is 18.4. The summed E-state index contributed by atoms with van der Waals surface area (Å²) in [6.07, 6.45) is 9.92. The van der Waals surface area contributed by atoms with Crippen LogP contribution in [-0.2, 0) is 4.79 Å². The monoisotopic (exact) mass is 368 g/mol. The topological polar surface area (TPSA) is 89.2 Å². The third-order valence-corrected chi connectivity index (χ3v) is 8.32. The molecule has 0 amide bonds. The number of isocyanates is 1. The second kappa shape index (κ2) is 12.6. The van der Waals surface area contributed by atoms with Gasteiger partial charge < -0.3 is 23.4 Å². The third kappa shape index (κ3) is 7.91. The van der Waals surface area contributed by atoms with E-state index in [2.05, 4.69) is 13.8 Å². The number of hydrogen-bond acceptors (Lipinski definition) is 8. The smallest absolute Gasteiger partial charge is 0.812 e. The molecule has 2 rings (SSSR count). The standard InChI is InChI=1S/C5H9N3OSi.C4H9ClN2Si.CHNO.Na/c1-7-3-4-8(2)10(7)6-5-9;1-6-3-4-7(2)8(6)5;2-1-3;/h3-4,10H,1-2H3;3-4,8H,1-2H3;3H;/q;;;+1/p-1. The van der Waals surface area contributed by atoms with Crippen molar-refractivity contribution in [3.8, 4) is 6.26 Å². The van der Waals surface area contributed by atoms with Crippen LogP contribution >= 0.6 is 11.1 Å². The summed E-state index contributed by atoms with van der Waals surface area (Å²) in [4.78, 5) is 9.91. The molecular weight excluding hydrogens is 351 g/mol. The number of halogens is 1. The number of carbonyl (C=O) groups excluding carboxylic acids is 1. The molecule has 0 N–H and O–H groups in total. The van der Waals surface area contributed by atoms with Gasteiger partial charge in [-0.1, -0.05) is 0 Å². The molecule has 0 aromatic carbocycles. The number of nitriles is 1. The molecule has 2 heterocycles. The van der Waals surface area contributed by atoms with E-state index < -0.39 is 17.7 Å². The van der Waals surface area contributed by atoms with Crippen LogP contribution in [0.4, 0.5) is 0 Å². The maximum Gasteiger partial charge on any atom is 1.00 e. The minimum absolute atomic E-state index is 0. The molecule has 0 aliphatic carbocycles. The molecule has 8 nitrogen and oxygen atoms in total. The van der Waals surface area contributed by atoms with Crippen molar-refractivity contribution in [3.05, 3.63) is 24.8 Å². The van der Waals surface area contributed by atoms with Crippen LogP contribution in [0.5, 0.6) is 0 Å². The second-order valence-corrected chi connectivity index (χ2v) is 10.2. The molecule has 0 saturated carbocycles. The van der Waals surface area contributed by atoms with Gasteiger partial charge in [0.15, 0.2) is 0 Å². The summed E-state index contributed by atoms with van der Waals surface area (Å²) in [5.41, 5.74) is 0. The Hall–Kier alpha value is -0.926. The van der Waals surface area contributed by atoms with E-state index in [-0.39, 0.29) is 29.6 Å². The van der Waals surface area contributed by atoms with E-state index in [1.165, 1.54) is 0 Å². The van der Waals surface area contributed by atoms with Gasteiger partial charge in [0.25, 0.3) is 0 Å². The first-order valence-electron chi connectivity index (χ1n) is 5.85. The zero-order valence-electron chi connectivity index (χ0n) is 13.3. The summed E-state index contributed by atoms with van der Waals surface area (Å²) in [6, 6.07) is 0. The molecule has 116 valence electrons. The van der Waals surface area contributed by atoms with Gasteiger partial charge in [-0.15, -0.1) is 11.1 Å². The van der Waals surface area contributed by atoms with Gasteiger partial charge in [0, 0.05) is 45.2 Å². The van der Waals surface area contributed by atoms with Crippen LogP contribution in [0, 0.1) is 11.5 Å². The summed E-state index contributed by atoms with van der Waals surface area (Å²) in [5.74, 6) is 0. The first-order chi connectivity index (χ1) is 9.88. The molecule has 0 radical (unpaired) electrons. The van der Waals surface area contributed by atoms with Gasteiger partial charge >= 0.3 is 47.3 Å². The van der Waals surface area contributed by atoms with E-state index in [1.807, 2.05) is 62.1 Å². The number of hydrogen-bond donors (Lipinski definition) is 0. The molecule has 2 aliphatic rings. The van der Waals surface area contributed by atoms with Crippen molar-refractivity contribution in [3.63, 3.8) is 0 Å². The average molecular weight is 369 g/mol. The molecular formula is C10H18ClN6NaO2Si2. The second-order valence-electron chi connectivity index (χ2n) is 4.23. The van der Waals surface area contributed by atoms with E-state index in [4.69, 9.17) is 21.4 Å². The van der Waals surface area contributed by atoms with Crippen molar-refractivity contribution >= 4 is 34.9 Å². The van der Waals surface area contributed by atoms with Crippen LogP contribution in [0.25, 0.3) is 0 Å². The van der Waals surface area contributed by atoms with Crippen molar-refractivity contribution < 1.29 is 39.5 Å². The quantitative estimate of drug-likeness (QED) is 0.151. The van der Waals surface area contributed by atoms with Crippen molar-refractivity contribution in [1.82, 2.24) is 18.3 Å². The van der Waals surface area contributed by atoms with E-state index in [0.29, 0.717) is 6.26 Å². The molecule has 0 saturated heterocycles. The van der Waals surface area contributed by atoms with Crippen LogP contribution in [-0.4, -0.2) is 70.2 Å². The Balaban J connectivity index is 0. The number of nitrogens with zero attached hydrogens (tertiary/aromatic N) is 6. The van der Waals surface area contributed by atoms with Gasteiger partial charge in [-0.2, -0.15) is 0 Å². The van der Waals surface area contributed by atoms with E-state index in [0.717, 1.165) is 0 Å². The van der Waals surface area contributed by atoms with Gasteiger partial charge in [-0.3, -0.25) is 0 Å². The fourth-order valence-corrected chi connectivity index (χ4v) is 4.42. The van der Waals surface area contributed by atoms with Crippen molar-refractivity contribution in [2.75, 3.05) is 28.2 Å². The molecule has 12 heteroatoms. The SMILES string of the molecule is CN1C=CN(C)[SiH]1Cl.CN1C=CN(C)[SiH]1N=C=O.N#C[O-].[Na+]. The molecule has 0 aromatic heterocycles. The predicted molar refractivity (Wildman–Crippen MR) is 83.2 cm³/mol. The Bertz CT molecular complexity index is 447. The van der Waals surface area contributed by atoms with Crippen LogP contribution in [0.1, 0.15) is 0 Å². The summed E-state index contributed by atoms with van der Waals surface area (Å²) >= 11 is 5.94. The zero-order chi connectivity index (χ0) is 16.4. The van der Waals surface area contributed by atoms with Crippen LogP contribution in [0.15, 0.2) is 29.5 Å². The first-order valence-corrected chi connectivity index (χ1v) is 10.2. The van der Waals surface area contributed by atoms with Crippen LogP contribution < -0.4 is 34.7 Å². The molecule has 0 unspecified atom stereocenters. The molecule has 2 aliphatic heterocycles. The van der Waals surface area contributed by atoms with E-state index >= 15 is 0 Å².